The summed E-state index contributed by atoms with van der Waals surface area (Å²) < 4.78 is 25.8. The summed E-state index contributed by atoms with van der Waals surface area (Å²) in [6, 6.07) is 1.17. The molecular weight excluding hydrogens is 260 g/mol. The summed E-state index contributed by atoms with van der Waals surface area (Å²) in [5.74, 6) is -1.19. The molecule has 0 aliphatic rings. The maximum Gasteiger partial charge on any atom is 0.337 e. The molecule has 0 atom stereocenters. The van der Waals surface area contributed by atoms with E-state index in [2.05, 4.69) is 19.9 Å². The standard InChI is InChI=1S/C9H8N4O4S/c14-9(15)6-1-7(3-10-2-6)13-18(16,17)8-4-11-12-5-8/h1-5,13H,(H,11,12)(H,14,15). The van der Waals surface area contributed by atoms with E-state index in [0.717, 1.165) is 12.4 Å². The lowest BCUT2D eigenvalue weighted by molar-refractivity contribution is 0.0696. The molecule has 0 aliphatic heterocycles. The van der Waals surface area contributed by atoms with Crippen molar-refractivity contribution in [1.82, 2.24) is 15.2 Å². The Labute approximate surface area is 102 Å². The fourth-order valence-electron chi connectivity index (χ4n) is 1.21. The normalized spacial score (nSPS) is 11.1. The smallest absolute Gasteiger partial charge is 0.337 e. The van der Waals surface area contributed by atoms with Crippen molar-refractivity contribution in [3.8, 4) is 0 Å². The minimum Gasteiger partial charge on any atom is -0.478 e. The first-order valence-electron chi connectivity index (χ1n) is 4.69. The SMILES string of the molecule is O=C(O)c1cncc(NS(=O)(=O)c2cn[nH]c2)c1. The Hall–Kier alpha value is -2.42. The molecule has 8 nitrogen and oxygen atoms in total. The molecule has 0 aromatic carbocycles. The Morgan fingerprint density at radius 1 is 1.33 bits per heavy atom. The van der Waals surface area contributed by atoms with Crippen LogP contribution in [0.1, 0.15) is 10.4 Å². The Bertz CT molecular complexity index is 666. The number of carbonyl (C=O) groups is 1. The van der Waals surface area contributed by atoms with E-state index in [1.165, 1.54) is 18.5 Å². The highest BCUT2D eigenvalue weighted by molar-refractivity contribution is 7.92. The summed E-state index contributed by atoms with van der Waals surface area (Å²) in [6.07, 6.45) is 4.68. The number of pyridine rings is 1. The van der Waals surface area contributed by atoms with Crippen molar-refractivity contribution in [3.63, 3.8) is 0 Å². The van der Waals surface area contributed by atoms with Crippen LogP contribution in [0.4, 0.5) is 5.69 Å². The monoisotopic (exact) mass is 268 g/mol. The fourth-order valence-corrected chi connectivity index (χ4v) is 2.15. The van der Waals surface area contributed by atoms with E-state index in [4.69, 9.17) is 5.11 Å². The van der Waals surface area contributed by atoms with Crippen LogP contribution in [0, 0.1) is 0 Å². The van der Waals surface area contributed by atoms with E-state index >= 15 is 0 Å². The maximum atomic E-state index is 11.8. The number of nitrogens with zero attached hydrogens (tertiary/aromatic N) is 2. The van der Waals surface area contributed by atoms with Gasteiger partial charge in [-0.2, -0.15) is 5.10 Å². The highest BCUT2D eigenvalue weighted by Crippen LogP contribution is 2.14. The summed E-state index contributed by atoms with van der Waals surface area (Å²) in [7, 11) is -3.79. The van der Waals surface area contributed by atoms with Crippen LogP contribution in [-0.4, -0.2) is 34.7 Å². The quantitative estimate of drug-likeness (QED) is 0.732. The second kappa shape index (κ2) is 4.45. The highest BCUT2D eigenvalue weighted by atomic mass is 32.2. The lowest BCUT2D eigenvalue weighted by atomic mass is 10.3. The number of carboxylic acids is 1. The van der Waals surface area contributed by atoms with Crippen LogP contribution in [0.25, 0.3) is 0 Å². The van der Waals surface area contributed by atoms with Crippen LogP contribution >= 0.6 is 0 Å². The van der Waals surface area contributed by atoms with Gasteiger partial charge in [0.25, 0.3) is 10.0 Å². The first-order chi connectivity index (χ1) is 8.49. The van der Waals surface area contributed by atoms with Crippen molar-refractivity contribution in [3.05, 3.63) is 36.4 Å². The Balaban J connectivity index is 2.30. The van der Waals surface area contributed by atoms with Crippen molar-refractivity contribution in [2.24, 2.45) is 0 Å². The number of anilines is 1. The van der Waals surface area contributed by atoms with Gasteiger partial charge in [-0.05, 0) is 6.07 Å². The molecule has 0 bridgehead atoms. The van der Waals surface area contributed by atoms with E-state index in [1.807, 2.05) is 0 Å². The number of carboxylic acid groups (broad SMARTS) is 1. The van der Waals surface area contributed by atoms with Gasteiger partial charge in [-0.15, -0.1) is 0 Å². The molecule has 0 radical (unpaired) electrons. The van der Waals surface area contributed by atoms with Crippen molar-refractivity contribution in [2.75, 3.05) is 4.72 Å². The Kier molecular flexibility index (Phi) is 2.98. The zero-order chi connectivity index (χ0) is 13.2. The number of sulfonamides is 1. The third-order valence-electron chi connectivity index (χ3n) is 2.02. The van der Waals surface area contributed by atoms with Gasteiger partial charge in [-0.25, -0.2) is 13.2 Å². The van der Waals surface area contributed by atoms with Gasteiger partial charge >= 0.3 is 5.97 Å². The number of aromatic nitrogens is 3. The third-order valence-corrected chi connectivity index (χ3v) is 3.37. The molecule has 18 heavy (non-hydrogen) atoms. The number of aromatic amines is 1. The summed E-state index contributed by atoms with van der Waals surface area (Å²) in [5.41, 5.74) is -0.0431. The molecular formula is C9H8N4O4S. The topological polar surface area (TPSA) is 125 Å². The molecule has 0 unspecified atom stereocenters. The van der Waals surface area contributed by atoms with E-state index < -0.39 is 16.0 Å². The van der Waals surface area contributed by atoms with Gasteiger partial charge in [0.2, 0.25) is 0 Å². The molecule has 2 heterocycles. The van der Waals surface area contributed by atoms with Crippen molar-refractivity contribution >= 4 is 21.7 Å². The fraction of sp³-hybridized carbons (Fsp3) is 0. The average molecular weight is 268 g/mol. The molecule has 0 amide bonds. The second-order valence-corrected chi connectivity index (χ2v) is 4.99. The second-order valence-electron chi connectivity index (χ2n) is 3.31. The Morgan fingerprint density at radius 2 is 2.11 bits per heavy atom. The summed E-state index contributed by atoms with van der Waals surface area (Å²) in [6.45, 7) is 0. The molecule has 94 valence electrons. The van der Waals surface area contributed by atoms with Gasteiger partial charge in [-0.1, -0.05) is 0 Å². The van der Waals surface area contributed by atoms with Gasteiger partial charge in [0.05, 0.1) is 23.6 Å². The molecule has 0 saturated heterocycles. The molecule has 9 heteroatoms. The van der Waals surface area contributed by atoms with Gasteiger partial charge < -0.3 is 5.11 Å². The summed E-state index contributed by atoms with van der Waals surface area (Å²) >= 11 is 0. The van der Waals surface area contributed by atoms with Crippen LogP contribution in [0.2, 0.25) is 0 Å². The molecule has 0 spiro atoms. The predicted molar refractivity (Wildman–Crippen MR) is 60.6 cm³/mol. The van der Waals surface area contributed by atoms with Crippen LogP contribution < -0.4 is 4.72 Å². The first kappa shape index (κ1) is 12.0. The highest BCUT2D eigenvalue weighted by Gasteiger charge is 2.16. The summed E-state index contributed by atoms with van der Waals surface area (Å²) in [4.78, 5) is 14.3. The number of nitrogens with one attached hydrogen (secondary N) is 2. The number of hydrogen-bond acceptors (Lipinski definition) is 5. The van der Waals surface area contributed by atoms with E-state index in [-0.39, 0.29) is 16.1 Å². The van der Waals surface area contributed by atoms with Crippen molar-refractivity contribution < 1.29 is 18.3 Å². The van der Waals surface area contributed by atoms with Crippen LogP contribution in [0.5, 0.6) is 0 Å². The van der Waals surface area contributed by atoms with Crippen molar-refractivity contribution in [2.45, 2.75) is 4.90 Å². The van der Waals surface area contributed by atoms with Crippen LogP contribution in [0.3, 0.4) is 0 Å². The first-order valence-corrected chi connectivity index (χ1v) is 6.17. The molecule has 2 rings (SSSR count). The molecule has 2 aromatic heterocycles. The van der Waals surface area contributed by atoms with Gasteiger partial charge in [0.15, 0.2) is 0 Å². The molecule has 0 aliphatic carbocycles. The minimum atomic E-state index is -3.79. The largest absolute Gasteiger partial charge is 0.478 e. The zero-order valence-electron chi connectivity index (χ0n) is 8.86. The number of aromatic carboxylic acids is 1. The number of rotatable bonds is 4. The van der Waals surface area contributed by atoms with Gasteiger partial charge in [-0.3, -0.25) is 14.8 Å². The summed E-state index contributed by atoms with van der Waals surface area (Å²) in [5, 5.41) is 14.7. The predicted octanol–water partition coefficient (Wildman–Crippen LogP) is 0.304. The van der Waals surface area contributed by atoms with E-state index in [9.17, 15) is 13.2 Å². The van der Waals surface area contributed by atoms with Gasteiger partial charge in [0.1, 0.15) is 4.90 Å². The zero-order valence-corrected chi connectivity index (χ0v) is 9.68. The molecule has 0 fully saturated rings. The van der Waals surface area contributed by atoms with Crippen LogP contribution in [0.15, 0.2) is 35.7 Å². The third kappa shape index (κ3) is 2.46. The van der Waals surface area contributed by atoms with E-state index in [1.54, 1.807) is 0 Å². The number of hydrogen-bond donors (Lipinski definition) is 3. The van der Waals surface area contributed by atoms with E-state index in [0.29, 0.717) is 0 Å². The van der Waals surface area contributed by atoms with Crippen molar-refractivity contribution in [1.29, 1.82) is 0 Å². The number of H-pyrrole nitrogens is 1. The van der Waals surface area contributed by atoms with Crippen LogP contribution in [-0.2, 0) is 10.0 Å². The van der Waals surface area contributed by atoms with Gasteiger partial charge in [0, 0.05) is 12.4 Å². The minimum absolute atomic E-state index is 0.0526. The molecule has 2 aromatic rings. The average Bonchev–Trinajstić information content (AvgIpc) is 2.82. The lowest BCUT2D eigenvalue weighted by Gasteiger charge is -2.05. The molecule has 0 saturated carbocycles. The Morgan fingerprint density at radius 3 is 2.72 bits per heavy atom. The molecule has 3 N–H and O–H groups in total. The lowest BCUT2D eigenvalue weighted by Crippen LogP contribution is -2.13. The maximum absolute atomic E-state index is 11.8.